The molecular weight excluding hydrogens is 296 g/mol. The van der Waals surface area contributed by atoms with Gasteiger partial charge in [0, 0.05) is 0 Å². The van der Waals surface area contributed by atoms with Crippen molar-refractivity contribution in [2.24, 2.45) is 5.92 Å². The van der Waals surface area contributed by atoms with E-state index in [0.29, 0.717) is 5.56 Å². The Morgan fingerprint density at radius 1 is 1.05 bits per heavy atom. The van der Waals surface area contributed by atoms with Gasteiger partial charge in [-0.15, -0.1) is 0 Å². The lowest BCUT2D eigenvalue weighted by Gasteiger charge is -2.33. The van der Waals surface area contributed by atoms with Crippen LogP contribution in [0.25, 0.3) is 15.7 Å². The SMILES string of the molecule is O=S(=O)(O)C1=C2CCCCC2Cc2cc3ccccc3cc21. The summed E-state index contributed by atoms with van der Waals surface area (Å²) in [7, 11) is -4.20. The highest BCUT2D eigenvalue weighted by atomic mass is 32.2. The van der Waals surface area contributed by atoms with Crippen LogP contribution in [-0.2, 0) is 16.5 Å². The van der Waals surface area contributed by atoms with E-state index >= 15 is 0 Å². The standard InChI is InChI=1S/C18H18O3S/c19-22(20,21)18-16-8-4-3-7-14(16)10-15-9-12-5-1-2-6-13(12)11-17(15)18/h1-2,5-6,9,11,14H,3-4,7-8,10H2,(H,19,20,21). The molecule has 1 unspecified atom stereocenters. The predicted octanol–water partition coefficient (Wildman–Crippen LogP) is 4.19. The van der Waals surface area contributed by atoms with Gasteiger partial charge in [0.25, 0.3) is 10.1 Å². The molecule has 0 saturated heterocycles. The van der Waals surface area contributed by atoms with E-state index in [0.717, 1.165) is 54.0 Å². The first-order valence-electron chi connectivity index (χ1n) is 7.76. The van der Waals surface area contributed by atoms with Crippen LogP contribution in [0.5, 0.6) is 0 Å². The Balaban J connectivity index is 2.04. The number of hydrogen-bond acceptors (Lipinski definition) is 2. The zero-order chi connectivity index (χ0) is 15.3. The lowest BCUT2D eigenvalue weighted by Crippen LogP contribution is -2.22. The van der Waals surface area contributed by atoms with Gasteiger partial charge in [-0.25, -0.2) is 0 Å². The molecule has 0 spiro atoms. The summed E-state index contributed by atoms with van der Waals surface area (Å²) in [6, 6.07) is 12.0. The van der Waals surface area contributed by atoms with Crippen LogP contribution in [0.4, 0.5) is 0 Å². The van der Waals surface area contributed by atoms with Crippen LogP contribution < -0.4 is 0 Å². The highest BCUT2D eigenvalue weighted by molar-refractivity contribution is 7.95. The van der Waals surface area contributed by atoms with E-state index in [4.69, 9.17) is 0 Å². The maximum absolute atomic E-state index is 12.0. The maximum Gasteiger partial charge on any atom is 0.295 e. The molecule has 22 heavy (non-hydrogen) atoms. The summed E-state index contributed by atoms with van der Waals surface area (Å²) in [5.41, 5.74) is 2.69. The van der Waals surface area contributed by atoms with E-state index in [9.17, 15) is 13.0 Å². The van der Waals surface area contributed by atoms with Gasteiger partial charge in [-0.3, -0.25) is 4.55 Å². The molecule has 0 bridgehead atoms. The molecule has 1 fully saturated rings. The van der Waals surface area contributed by atoms with Crippen molar-refractivity contribution in [3.8, 4) is 0 Å². The van der Waals surface area contributed by atoms with Gasteiger partial charge in [-0.1, -0.05) is 36.8 Å². The second-order valence-corrected chi connectivity index (χ2v) is 7.69. The van der Waals surface area contributed by atoms with Gasteiger partial charge in [-0.05, 0) is 65.1 Å². The summed E-state index contributed by atoms with van der Waals surface area (Å²) < 4.78 is 33.9. The Morgan fingerprint density at radius 2 is 1.77 bits per heavy atom. The molecule has 2 aliphatic carbocycles. The summed E-state index contributed by atoms with van der Waals surface area (Å²) in [5.74, 6) is 0.263. The second-order valence-electron chi connectivity index (χ2n) is 6.33. The molecule has 0 aliphatic heterocycles. The lowest BCUT2D eigenvalue weighted by atomic mass is 9.75. The largest absolute Gasteiger partial charge is 0.295 e. The van der Waals surface area contributed by atoms with E-state index in [1.165, 1.54) is 0 Å². The lowest BCUT2D eigenvalue weighted by molar-refractivity contribution is 0.445. The van der Waals surface area contributed by atoms with Crippen LogP contribution in [0.3, 0.4) is 0 Å². The van der Waals surface area contributed by atoms with E-state index in [2.05, 4.69) is 6.07 Å². The molecule has 2 aromatic rings. The third-order valence-corrected chi connectivity index (χ3v) is 5.97. The summed E-state index contributed by atoms with van der Waals surface area (Å²) in [5, 5.41) is 2.13. The molecule has 3 nitrogen and oxygen atoms in total. The molecule has 4 rings (SSSR count). The Kier molecular flexibility index (Phi) is 3.13. The van der Waals surface area contributed by atoms with Gasteiger partial charge < -0.3 is 0 Å². The summed E-state index contributed by atoms with van der Waals surface area (Å²) in [4.78, 5) is 0.184. The molecule has 114 valence electrons. The number of rotatable bonds is 1. The summed E-state index contributed by atoms with van der Waals surface area (Å²) >= 11 is 0. The van der Waals surface area contributed by atoms with Crippen LogP contribution in [-0.4, -0.2) is 13.0 Å². The van der Waals surface area contributed by atoms with Gasteiger partial charge in [0.15, 0.2) is 0 Å². The topological polar surface area (TPSA) is 54.4 Å². The van der Waals surface area contributed by atoms with Crippen molar-refractivity contribution < 1.29 is 13.0 Å². The molecule has 0 radical (unpaired) electrons. The molecule has 2 aromatic carbocycles. The van der Waals surface area contributed by atoms with Gasteiger partial charge in [0.2, 0.25) is 0 Å². The fraction of sp³-hybridized carbons (Fsp3) is 0.333. The van der Waals surface area contributed by atoms with Crippen molar-refractivity contribution in [2.45, 2.75) is 32.1 Å². The average Bonchev–Trinajstić information content (AvgIpc) is 2.49. The molecule has 1 atom stereocenters. The molecule has 0 amide bonds. The van der Waals surface area contributed by atoms with Gasteiger partial charge in [0.05, 0.1) is 0 Å². The molecular formula is C18H18O3S. The first-order chi connectivity index (χ1) is 10.5. The van der Waals surface area contributed by atoms with Crippen LogP contribution in [0.2, 0.25) is 0 Å². The molecule has 1 N–H and O–H groups in total. The Morgan fingerprint density at radius 3 is 2.50 bits per heavy atom. The maximum atomic E-state index is 12.0. The number of benzene rings is 2. The first kappa shape index (κ1) is 14.0. The smallest absolute Gasteiger partial charge is 0.282 e. The quantitative estimate of drug-likeness (QED) is 0.803. The minimum absolute atomic E-state index is 0.184. The van der Waals surface area contributed by atoms with Gasteiger partial charge >= 0.3 is 0 Å². The van der Waals surface area contributed by atoms with Crippen molar-refractivity contribution in [2.75, 3.05) is 0 Å². The fourth-order valence-corrected chi connectivity index (χ4v) is 5.09. The molecule has 0 heterocycles. The summed E-state index contributed by atoms with van der Waals surface area (Å²) in [6.07, 6.45) is 4.82. The third kappa shape index (κ3) is 2.18. The number of allylic oxidation sites excluding steroid dienone is 1. The van der Waals surface area contributed by atoms with Crippen molar-refractivity contribution in [3.63, 3.8) is 0 Å². The Hall–Kier alpha value is -1.65. The first-order valence-corrected chi connectivity index (χ1v) is 9.20. The fourth-order valence-electron chi connectivity index (χ4n) is 4.02. The van der Waals surface area contributed by atoms with Gasteiger partial charge in [-0.2, -0.15) is 8.42 Å². The number of hydrogen-bond donors (Lipinski definition) is 1. The van der Waals surface area contributed by atoms with Crippen LogP contribution in [0.1, 0.15) is 36.8 Å². The van der Waals surface area contributed by atoms with Crippen molar-refractivity contribution >= 4 is 25.8 Å². The van der Waals surface area contributed by atoms with E-state index in [-0.39, 0.29) is 10.8 Å². The normalized spacial score (nSPS) is 21.6. The zero-order valence-electron chi connectivity index (χ0n) is 12.2. The molecule has 2 aliphatic rings. The summed E-state index contributed by atoms with van der Waals surface area (Å²) in [6.45, 7) is 0. The molecule has 0 aromatic heterocycles. The Labute approximate surface area is 130 Å². The monoisotopic (exact) mass is 314 g/mol. The second kappa shape index (κ2) is 4.93. The highest BCUT2D eigenvalue weighted by Gasteiger charge is 2.34. The van der Waals surface area contributed by atoms with Crippen LogP contribution in [0, 0.1) is 5.92 Å². The zero-order valence-corrected chi connectivity index (χ0v) is 13.1. The molecule has 4 heteroatoms. The average molecular weight is 314 g/mol. The van der Waals surface area contributed by atoms with Gasteiger partial charge in [0.1, 0.15) is 4.91 Å². The highest BCUT2D eigenvalue weighted by Crippen LogP contribution is 2.45. The van der Waals surface area contributed by atoms with E-state index in [1.54, 1.807) is 0 Å². The van der Waals surface area contributed by atoms with E-state index in [1.807, 2.05) is 30.3 Å². The Bertz CT molecular complexity index is 894. The van der Waals surface area contributed by atoms with Crippen molar-refractivity contribution in [1.82, 2.24) is 0 Å². The molecule has 1 saturated carbocycles. The van der Waals surface area contributed by atoms with Crippen molar-refractivity contribution in [1.29, 1.82) is 0 Å². The minimum atomic E-state index is -4.20. The van der Waals surface area contributed by atoms with Crippen LogP contribution in [0.15, 0.2) is 42.0 Å². The van der Waals surface area contributed by atoms with E-state index < -0.39 is 10.1 Å². The van der Waals surface area contributed by atoms with Crippen molar-refractivity contribution in [3.05, 3.63) is 53.1 Å². The third-order valence-electron chi connectivity index (χ3n) is 4.97. The minimum Gasteiger partial charge on any atom is -0.282 e. The predicted molar refractivity (Wildman–Crippen MR) is 88.1 cm³/mol. The van der Waals surface area contributed by atoms with Crippen LogP contribution >= 0.6 is 0 Å². The number of fused-ring (bicyclic) bond motifs is 3.